The first-order valence-corrected chi connectivity index (χ1v) is 17.7. The van der Waals surface area contributed by atoms with Gasteiger partial charge in [-0.1, -0.05) is 43.7 Å². The van der Waals surface area contributed by atoms with Crippen LogP contribution in [0.1, 0.15) is 50.5 Å². The molecule has 3 amide bonds. The van der Waals surface area contributed by atoms with Gasteiger partial charge in [-0.15, -0.1) is 0 Å². The number of carbonyl (C=O) groups is 3. The maximum atomic E-state index is 13.9. The van der Waals surface area contributed by atoms with E-state index in [9.17, 15) is 18.9 Å². The maximum absolute atomic E-state index is 13.9. The summed E-state index contributed by atoms with van der Waals surface area (Å²) in [7, 11) is -3.76. The average molecular weight is 661 g/mol. The second-order valence-corrected chi connectivity index (χ2v) is 13.1. The zero-order valence-electron chi connectivity index (χ0n) is 26.9. The van der Waals surface area contributed by atoms with E-state index in [1.54, 1.807) is 24.8 Å². The molecule has 252 valence electrons. The molecule has 2 saturated heterocycles. The zero-order valence-corrected chi connectivity index (χ0v) is 27.7. The number of nitrogens with one attached hydrogen (secondary N) is 1. The summed E-state index contributed by atoms with van der Waals surface area (Å²) in [4.78, 5) is 47.8. The number of aromatic nitrogens is 1. The summed E-state index contributed by atoms with van der Waals surface area (Å²) in [6.07, 6.45) is 1.44. The summed E-state index contributed by atoms with van der Waals surface area (Å²) in [5.74, 6) is -0.680. The predicted molar refractivity (Wildman–Crippen MR) is 171 cm³/mol. The highest BCUT2D eigenvalue weighted by Crippen LogP contribution is 2.48. The Morgan fingerprint density at radius 1 is 1.02 bits per heavy atom. The van der Waals surface area contributed by atoms with Gasteiger partial charge < -0.3 is 38.4 Å². The van der Waals surface area contributed by atoms with Crippen molar-refractivity contribution in [2.24, 2.45) is 0 Å². The van der Waals surface area contributed by atoms with E-state index >= 15 is 0 Å². The molecule has 2 aliphatic rings. The van der Waals surface area contributed by atoms with E-state index in [0.717, 1.165) is 24.8 Å². The number of nitrogens with zero attached hydrogens (tertiary/aromatic N) is 3. The SMILES string of the molecule is CCCCOC(=O)N1CCN(C(=O)C(CP(=O)(OCC)OCC)NC(=O)c2cc(O[C@@H]3CCOC3)cc(-c3ccccc3)n2)CC1. The summed E-state index contributed by atoms with van der Waals surface area (Å²) in [6.45, 7) is 7.87. The molecular weight excluding hydrogens is 615 g/mol. The second kappa shape index (κ2) is 17.4. The number of rotatable bonds is 15. The molecule has 14 heteroatoms. The van der Waals surface area contributed by atoms with E-state index in [1.165, 1.54) is 11.0 Å². The van der Waals surface area contributed by atoms with Crippen LogP contribution in [0.5, 0.6) is 5.75 Å². The van der Waals surface area contributed by atoms with Gasteiger partial charge in [-0.3, -0.25) is 14.2 Å². The number of pyridine rings is 1. The monoisotopic (exact) mass is 660 g/mol. The third kappa shape index (κ3) is 9.99. The molecule has 3 heterocycles. The van der Waals surface area contributed by atoms with Crippen molar-refractivity contribution < 1.29 is 42.2 Å². The lowest BCUT2D eigenvalue weighted by Gasteiger charge is -2.36. The zero-order chi connectivity index (χ0) is 32.9. The average Bonchev–Trinajstić information content (AvgIpc) is 3.57. The van der Waals surface area contributed by atoms with Gasteiger partial charge in [-0.25, -0.2) is 9.78 Å². The van der Waals surface area contributed by atoms with Crippen molar-refractivity contribution in [2.45, 2.75) is 52.2 Å². The molecule has 0 bridgehead atoms. The number of benzene rings is 1. The van der Waals surface area contributed by atoms with Crippen LogP contribution >= 0.6 is 7.60 Å². The number of carbonyl (C=O) groups excluding carboxylic acids is 3. The summed E-state index contributed by atoms with van der Waals surface area (Å²) in [5.41, 5.74) is 1.32. The highest BCUT2D eigenvalue weighted by Gasteiger charge is 2.37. The van der Waals surface area contributed by atoms with Crippen molar-refractivity contribution in [3.05, 3.63) is 48.2 Å². The Balaban J connectivity index is 1.56. The summed E-state index contributed by atoms with van der Waals surface area (Å²) in [5, 5.41) is 2.76. The van der Waals surface area contributed by atoms with Crippen LogP contribution in [-0.4, -0.2) is 110 Å². The van der Waals surface area contributed by atoms with Crippen LogP contribution in [-0.2, 0) is 27.9 Å². The molecule has 2 atom stereocenters. The van der Waals surface area contributed by atoms with E-state index in [1.807, 2.05) is 37.3 Å². The van der Waals surface area contributed by atoms with E-state index < -0.39 is 31.5 Å². The molecule has 1 N–H and O–H groups in total. The first-order chi connectivity index (χ1) is 22.2. The van der Waals surface area contributed by atoms with Gasteiger partial charge in [0.2, 0.25) is 5.91 Å². The Bertz CT molecular complexity index is 1340. The molecule has 1 aromatic carbocycles. The van der Waals surface area contributed by atoms with E-state index in [2.05, 4.69) is 10.3 Å². The molecule has 2 aliphatic heterocycles. The third-order valence-electron chi connectivity index (χ3n) is 7.53. The van der Waals surface area contributed by atoms with Crippen molar-refractivity contribution in [1.82, 2.24) is 20.1 Å². The lowest BCUT2D eigenvalue weighted by Crippen LogP contribution is -2.57. The fourth-order valence-electron chi connectivity index (χ4n) is 5.15. The minimum absolute atomic E-state index is 0.0235. The van der Waals surface area contributed by atoms with Crippen LogP contribution in [0, 0.1) is 0 Å². The Morgan fingerprint density at radius 3 is 2.35 bits per heavy atom. The van der Waals surface area contributed by atoms with Crippen LogP contribution in [0.2, 0.25) is 0 Å². The Morgan fingerprint density at radius 2 is 1.72 bits per heavy atom. The highest BCUT2D eigenvalue weighted by molar-refractivity contribution is 7.54. The number of unbranched alkanes of at least 4 members (excludes halogenated alkanes) is 1. The van der Waals surface area contributed by atoms with Crippen LogP contribution in [0.15, 0.2) is 42.5 Å². The van der Waals surface area contributed by atoms with Gasteiger partial charge in [-0.05, 0) is 20.3 Å². The first kappa shape index (κ1) is 35.3. The standard InChI is InChI=1S/C32H45N4O9P/c1-4-7-18-42-32(39)36-16-14-35(15-17-36)31(38)29(23-46(40,43-5-2)44-6-3)34-30(37)28-21-26(45-25-13-19-41-22-25)20-27(33-28)24-11-9-8-10-12-24/h8-12,20-21,25,29H,4-7,13-19,22-23H2,1-3H3,(H,34,37)/t25-,29?/m1/s1. The van der Waals surface area contributed by atoms with E-state index in [0.29, 0.717) is 31.3 Å². The fraction of sp³-hybridized carbons (Fsp3) is 0.562. The van der Waals surface area contributed by atoms with E-state index in [4.69, 9.17) is 23.3 Å². The summed E-state index contributed by atoms with van der Waals surface area (Å²) in [6, 6.07) is 11.4. The van der Waals surface area contributed by atoms with Gasteiger partial charge in [0.05, 0.1) is 44.9 Å². The van der Waals surface area contributed by atoms with E-state index in [-0.39, 0.29) is 57.4 Å². The normalized spacial score (nSPS) is 17.4. The van der Waals surface area contributed by atoms with Crippen LogP contribution in [0.3, 0.4) is 0 Å². The van der Waals surface area contributed by atoms with Crippen molar-refractivity contribution in [2.75, 3.05) is 65.4 Å². The minimum atomic E-state index is -3.76. The molecule has 1 unspecified atom stereocenters. The molecule has 4 rings (SSSR count). The van der Waals surface area contributed by atoms with Gasteiger partial charge >= 0.3 is 13.7 Å². The lowest BCUT2D eigenvalue weighted by molar-refractivity contribution is -0.134. The molecule has 1 aromatic heterocycles. The van der Waals surface area contributed by atoms with Gasteiger partial charge in [0, 0.05) is 50.3 Å². The van der Waals surface area contributed by atoms with Gasteiger partial charge in [-0.2, -0.15) is 0 Å². The topological polar surface area (TPSA) is 146 Å². The molecule has 2 fully saturated rings. The maximum Gasteiger partial charge on any atom is 0.409 e. The minimum Gasteiger partial charge on any atom is -0.488 e. The quantitative estimate of drug-likeness (QED) is 0.216. The molecule has 2 aromatic rings. The lowest BCUT2D eigenvalue weighted by atomic mass is 10.1. The molecule has 0 spiro atoms. The highest BCUT2D eigenvalue weighted by atomic mass is 31.2. The number of hydrogen-bond donors (Lipinski definition) is 1. The third-order valence-corrected chi connectivity index (χ3v) is 9.64. The smallest absolute Gasteiger partial charge is 0.409 e. The molecule has 0 aliphatic carbocycles. The number of hydrogen-bond acceptors (Lipinski definition) is 10. The number of ether oxygens (including phenoxy) is 3. The Labute approximate surface area is 270 Å². The summed E-state index contributed by atoms with van der Waals surface area (Å²) < 4.78 is 41.5. The largest absolute Gasteiger partial charge is 0.488 e. The van der Waals surface area contributed by atoms with Gasteiger partial charge in [0.25, 0.3) is 5.91 Å². The second-order valence-electron chi connectivity index (χ2n) is 11.0. The van der Waals surface area contributed by atoms with Crippen molar-refractivity contribution >= 4 is 25.5 Å². The predicted octanol–water partition coefficient (Wildman–Crippen LogP) is 4.36. The fourth-order valence-corrected chi connectivity index (χ4v) is 6.91. The van der Waals surface area contributed by atoms with Crippen LogP contribution in [0.4, 0.5) is 4.79 Å². The van der Waals surface area contributed by atoms with Gasteiger partial charge in [0.1, 0.15) is 23.6 Å². The molecule has 46 heavy (non-hydrogen) atoms. The molecule has 0 saturated carbocycles. The molecule has 13 nitrogen and oxygen atoms in total. The number of amides is 3. The Hall–Kier alpha value is -3.51. The molecular formula is C32H45N4O9P. The summed E-state index contributed by atoms with van der Waals surface area (Å²) >= 11 is 0. The van der Waals surface area contributed by atoms with Crippen LogP contribution in [0.25, 0.3) is 11.3 Å². The molecule has 0 radical (unpaired) electrons. The Kier molecular flexibility index (Phi) is 13.4. The van der Waals surface area contributed by atoms with Gasteiger partial charge in [0.15, 0.2) is 0 Å². The van der Waals surface area contributed by atoms with Crippen molar-refractivity contribution in [3.63, 3.8) is 0 Å². The first-order valence-electron chi connectivity index (χ1n) is 16.0. The van der Waals surface area contributed by atoms with Crippen molar-refractivity contribution in [1.29, 1.82) is 0 Å². The number of piperazine rings is 1. The van der Waals surface area contributed by atoms with Crippen LogP contribution < -0.4 is 10.1 Å². The van der Waals surface area contributed by atoms with Crippen molar-refractivity contribution in [3.8, 4) is 17.0 Å².